The van der Waals surface area contributed by atoms with Crippen LogP contribution < -0.4 is 0 Å². The van der Waals surface area contributed by atoms with Crippen molar-refractivity contribution < 1.29 is 13.9 Å². The summed E-state index contributed by atoms with van der Waals surface area (Å²) in [6.07, 6.45) is -0.987. The van der Waals surface area contributed by atoms with Crippen molar-refractivity contribution in [3.05, 3.63) is 35.4 Å². The summed E-state index contributed by atoms with van der Waals surface area (Å²) in [5, 5.41) is 8.91. The highest BCUT2D eigenvalue weighted by Gasteiger charge is 2.10. The van der Waals surface area contributed by atoms with Gasteiger partial charge in [-0.05, 0) is 6.92 Å². The molecule has 1 rings (SSSR count). The minimum Gasteiger partial charge on any atom is -0.389 e. The lowest BCUT2D eigenvalue weighted by molar-refractivity contribution is 0.192. The van der Waals surface area contributed by atoms with Gasteiger partial charge >= 0.3 is 0 Å². The molecule has 0 amide bonds. The summed E-state index contributed by atoms with van der Waals surface area (Å²) in [7, 11) is 0. The van der Waals surface area contributed by atoms with Crippen molar-refractivity contribution in [3.8, 4) is 0 Å². The van der Waals surface area contributed by atoms with Crippen LogP contribution in [0.4, 0.5) is 8.78 Å². The summed E-state index contributed by atoms with van der Waals surface area (Å²) in [6, 6.07) is 4.57. The zero-order chi connectivity index (χ0) is 8.43. The first-order valence-electron chi connectivity index (χ1n) is 3.16. The second-order valence-corrected chi connectivity index (χ2v) is 2.24. The normalized spacial score (nSPS) is 13.1. The van der Waals surface area contributed by atoms with Gasteiger partial charge in [-0.2, -0.15) is 0 Å². The Balaban J connectivity index is 3.17. The Morgan fingerprint density at radius 1 is 1.55 bits per heavy atom. The van der Waals surface area contributed by atoms with Crippen molar-refractivity contribution in [3.63, 3.8) is 0 Å². The minimum atomic E-state index is -1.05. The number of benzene rings is 1. The van der Waals surface area contributed by atoms with Gasteiger partial charge in [0.2, 0.25) is 0 Å². The van der Waals surface area contributed by atoms with E-state index in [4.69, 9.17) is 5.11 Å². The Bertz CT molecular complexity index is 258. The van der Waals surface area contributed by atoms with Gasteiger partial charge in [0.25, 0.3) is 0 Å². The topological polar surface area (TPSA) is 20.2 Å². The molecule has 3 heteroatoms. The summed E-state index contributed by atoms with van der Waals surface area (Å²) < 4.78 is 25.1. The highest BCUT2D eigenvalue weighted by Crippen LogP contribution is 2.17. The molecule has 0 heterocycles. The highest BCUT2D eigenvalue weighted by atomic mass is 19.2. The largest absolute Gasteiger partial charge is 0.389 e. The molecule has 0 aliphatic rings. The van der Waals surface area contributed by atoms with Crippen molar-refractivity contribution >= 4 is 0 Å². The maximum absolute atomic E-state index is 12.7. The van der Waals surface area contributed by atoms with Gasteiger partial charge in [0, 0.05) is 11.6 Å². The number of halogens is 2. The van der Waals surface area contributed by atoms with Gasteiger partial charge in [-0.1, -0.05) is 12.1 Å². The molecule has 0 aliphatic heterocycles. The van der Waals surface area contributed by atoms with Gasteiger partial charge in [0.1, 0.15) is 0 Å². The fraction of sp³-hybridized carbons (Fsp3) is 0.250. The van der Waals surface area contributed by atoms with E-state index in [2.05, 4.69) is 0 Å². The molecule has 1 nitrogen and oxygen atoms in total. The number of hydrogen-bond acceptors (Lipinski definition) is 1. The van der Waals surface area contributed by atoms with Crippen molar-refractivity contribution in [2.75, 3.05) is 0 Å². The third-order valence-corrected chi connectivity index (χ3v) is 1.37. The van der Waals surface area contributed by atoms with Crippen LogP contribution in [0.3, 0.4) is 0 Å². The molecule has 1 atom stereocenters. The summed E-state index contributed by atoms with van der Waals surface area (Å²) in [5.41, 5.74) is -0.0405. The highest BCUT2D eigenvalue weighted by molar-refractivity contribution is 5.19. The summed E-state index contributed by atoms with van der Waals surface area (Å²) in [6.45, 7) is 1.37. The Kier molecular flexibility index (Phi) is 2.19. The van der Waals surface area contributed by atoms with E-state index in [9.17, 15) is 8.78 Å². The standard InChI is InChI=1S/C8H7F2O/c1-5(11)6-3-2-4-7(9)8(6)10/h2-3,5,11H,1H3. The SMILES string of the molecule is CC(O)c1cc[c]c(F)c1F. The minimum absolute atomic E-state index is 0.0405. The molecule has 1 radical (unpaired) electrons. The molecule has 1 aromatic carbocycles. The van der Waals surface area contributed by atoms with Crippen LogP contribution in [0.5, 0.6) is 0 Å². The summed E-state index contributed by atoms with van der Waals surface area (Å²) >= 11 is 0. The molecule has 1 N–H and O–H groups in total. The van der Waals surface area contributed by atoms with E-state index in [1.54, 1.807) is 0 Å². The monoisotopic (exact) mass is 157 g/mol. The van der Waals surface area contributed by atoms with E-state index in [1.807, 2.05) is 6.07 Å². The van der Waals surface area contributed by atoms with Crippen LogP contribution in [-0.4, -0.2) is 5.11 Å². The van der Waals surface area contributed by atoms with Gasteiger partial charge < -0.3 is 5.11 Å². The van der Waals surface area contributed by atoms with Gasteiger partial charge in [-0.25, -0.2) is 8.78 Å². The predicted octanol–water partition coefficient (Wildman–Crippen LogP) is 1.82. The van der Waals surface area contributed by atoms with Crippen molar-refractivity contribution in [2.24, 2.45) is 0 Å². The molecule has 0 fully saturated rings. The quantitative estimate of drug-likeness (QED) is 0.659. The fourth-order valence-corrected chi connectivity index (χ4v) is 0.791. The Labute approximate surface area is 63.3 Å². The number of hydrogen-bond donors (Lipinski definition) is 1. The molecule has 11 heavy (non-hydrogen) atoms. The van der Waals surface area contributed by atoms with E-state index in [0.29, 0.717) is 0 Å². The molecule has 0 spiro atoms. The van der Waals surface area contributed by atoms with E-state index in [1.165, 1.54) is 19.1 Å². The molecule has 59 valence electrons. The fourth-order valence-electron chi connectivity index (χ4n) is 0.791. The third-order valence-electron chi connectivity index (χ3n) is 1.37. The molecule has 0 saturated carbocycles. The zero-order valence-electron chi connectivity index (χ0n) is 5.94. The first-order valence-corrected chi connectivity index (χ1v) is 3.16. The first kappa shape index (κ1) is 8.14. The number of rotatable bonds is 1. The Morgan fingerprint density at radius 3 is 2.64 bits per heavy atom. The lowest BCUT2D eigenvalue weighted by atomic mass is 10.1. The van der Waals surface area contributed by atoms with Crippen LogP contribution in [0.25, 0.3) is 0 Å². The Morgan fingerprint density at radius 2 is 2.18 bits per heavy atom. The second kappa shape index (κ2) is 2.96. The van der Waals surface area contributed by atoms with E-state index in [-0.39, 0.29) is 5.56 Å². The van der Waals surface area contributed by atoms with Crippen molar-refractivity contribution in [1.82, 2.24) is 0 Å². The van der Waals surface area contributed by atoms with Crippen LogP contribution in [0.1, 0.15) is 18.6 Å². The van der Waals surface area contributed by atoms with Crippen molar-refractivity contribution in [2.45, 2.75) is 13.0 Å². The molecule has 0 aliphatic carbocycles. The van der Waals surface area contributed by atoms with E-state index in [0.717, 1.165) is 0 Å². The molecule has 1 aromatic rings. The van der Waals surface area contributed by atoms with Crippen LogP contribution in [-0.2, 0) is 0 Å². The van der Waals surface area contributed by atoms with Crippen LogP contribution in [0.15, 0.2) is 12.1 Å². The zero-order valence-corrected chi connectivity index (χ0v) is 5.94. The number of aliphatic hydroxyl groups excluding tert-OH is 1. The molecule has 0 aromatic heterocycles. The van der Waals surface area contributed by atoms with Gasteiger partial charge in [0.15, 0.2) is 11.6 Å². The maximum Gasteiger partial charge on any atom is 0.167 e. The van der Waals surface area contributed by atoms with Crippen molar-refractivity contribution in [1.29, 1.82) is 0 Å². The molecular formula is C8H7F2O. The van der Waals surface area contributed by atoms with E-state index >= 15 is 0 Å². The lowest BCUT2D eigenvalue weighted by Gasteiger charge is -2.04. The lowest BCUT2D eigenvalue weighted by Crippen LogP contribution is -1.97. The number of aliphatic hydroxyl groups is 1. The molecule has 1 unspecified atom stereocenters. The average molecular weight is 157 g/mol. The third kappa shape index (κ3) is 1.54. The molecule has 0 bridgehead atoms. The predicted molar refractivity (Wildman–Crippen MR) is 35.8 cm³/mol. The maximum atomic E-state index is 12.7. The summed E-state index contributed by atoms with van der Waals surface area (Å²) in [4.78, 5) is 0. The van der Waals surface area contributed by atoms with Crippen LogP contribution in [0.2, 0.25) is 0 Å². The molecular weight excluding hydrogens is 150 g/mol. The van der Waals surface area contributed by atoms with Crippen LogP contribution >= 0.6 is 0 Å². The first-order chi connectivity index (χ1) is 5.13. The van der Waals surface area contributed by atoms with Gasteiger partial charge in [-0.3, -0.25) is 0 Å². The molecule has 0 saturated heterocycles. The Hall–Kier alpha value is -0.960. The van der Waals surface area contributed by atoms with E-state index < -0.39 is 17.7 Å². The second-order valence-electron chi connectivity index (χ2n) is 2.24. The summed E-state index contributed by atoms with van der Waals surface area (Å²) in [5.74, 6) is -2.08. The average Bonchev–Trinajstić information content (AvgIpc) is 1.94. The smallest absolute Gasteiger partial charge is 0.167 e. The van der Waals surface area contributed by atoms with Gasteiger partial charge in [-0.15, -0.1) is 0 Å². The van der Waals surface area contributed by atoms with Crippen LogP contribution in [0, 0.1) is 17.7 Å². The van der Waals surface area contributed by atoms with Gasteiger partial charge in [0.05, 0.1) is 6.10 Å².